The fourth-order valence-corrected chi connectivity index (χ4v) is 5.42. The molecule has 2 aromatic carbocycles. The van der Waals surface area contributed by atoms with Crippen LogP contribution in [0.1, 0.15) is 5.56 Å². The van der Waals surface area contributed by atoms with Crippen molar-refractivity contribution in [2.75, 3.05) is 26.2 Å². The number of nitrogens with zero attached hydrogens (tertiary/aromatic N) is 5. The van der Waals surface area contributed by atoms with Gasteiger partial charge in [0.2, 0.25) is 15.9 Å². The number of hydrogen-bond donors (Lipinski definition) is 0. The molecular weight excluding hydrogens is 418 g/mol. The standard InChI is InChI=1S/C21H21N5O4S/c1-23-17-7-3-4-8-18(17)26(21(23)28)15-20(27)24-10-12-25(13-11-24)31(29,30)19-9-5-2-6-16(19)14-22/h2-9H,10-13,15H2,1H3. The number of hydrogen-bond acceptors (Lipinski definition) is 5. The summed E-state index contributed by atoms with van der Waals surface area (Å²) < 4.78 is 30.1. The number of fused-ring (bicyclic) bond motifs is 1. The van der Waals surface area contributed by atoms with Gasteiger partial charge in [0.05, 0.1) is 21.5 Å². The molecule has 31 heavy (non-hydrogen) atoms. The lowest BCUT2D eigenvalue weighted by Gasteiger charge is -2.34. The summed E-state index contributed by atoms with van der Waals surface area (Å²) in [6, 6.07) is 15.2. The van der Waals surface area contributed by atoms with Gasteiger partial charge in [0.25, 0.3) is 0 Å². The summed E-state index contributed by atoms with van der Waals surface area (Å²) in [5, 5.41) is 9.22. The monoisotopic (exact) mass is 439 g/mol. The number of benzene rings is 2. The van der Waals surface area contributed by atoms with Crippen LogP contribution in [0.4, 0.5) is 0 Å². The Labute approximate surface area is 179 Å². The van der Waals surface area contributed by atoms with E-state index in [0.717, 1.165) is 5.52 Å². The molecule has 10 heteroatoms. The molecule has 0 saturated carbocycles. The van der Waals surface area contributed by atoms with Gasteiger partial charge in [-0.2, -0.15) is 9.57 Å². The van der Waals surface area contributed by atoms with Crippen LogP contribution >= 0.6 is 0 Å². The first-order valence-electron chi connectivity index (χ1n) is 9.76. The number of aromatic nitrogens is 2. The number of carbonyl (C=O) groups is 1. The van der Waals surface area contributed by atoms with Gasteiger partial charge < -0.3 is 4.90 Å². The van der Waals surface area contributed by atoms with E-state index in [1.54, 1.807) is 30.1 Å². The molecule has 0 N–H and O–H groups in total. The average molecular weight is 439 g/mol. The SMILES string of the molecule is Cn1c(=O)n(CC(=O)N2CCN(S(=O)(=O)c3ccccc3C#N)CC2)c2ccccc21. The van der Waals surface area contributed by atoms with Gasteiger partial charge in [0.15, 0.2) is 0 Å². The van der Waals surface area contributed by atoms with Gasteiger partial charge in [-0.05, 0) is 24.3 Å². The molecule has 0 spiro atoms. The number of rotatable bonds is 4. The molecule has 160 valence electrons. The van der Waals surface area contributed by atoms with E-state index >= 15 is 0 Å². The van der Waals surface area contributed by atoms with E-state index in [9.17, 15) is 23.3 Å². The number of aryl methyl sites for hydroxylation is 1. The maximum Gasteiger partial charge on any atom is 0.329 e. The molecule has 1 aliphatic rings. The summed E-state index contributed by atoms with van der Waals surface area (Å²) in [6.45, 7) is 0.569. The molecule has 1 saturated heterocycles. The minimum atomic E-state index is -3.83. The van der Waals surface area contributed by atoms with Gasteiger partial charge in [0, 0.05) is 33.2 Å². The Morgan fingerprint density at radius 1 is 1.00 bits per heavy atom. The molecule has 9 nitrogen and oxygen atoms in total. The summed E-state index contributed by atoms with van der Waals surface area (Å²) >= 11 is 0. The Bertz CT molecular complexity index is 1360. The van der Waals surface area contributed by atoms with Gasteiger partial charge in [0.1, 0.15) is 12.6 Å². The van der Waals surface area contributed by atoms with Gasteiger partial charge in [-0.3, -0.25) is 13.9 Å². The van der Waals surface area contributed by atoms with Crippen LogP contribution in [0, 0.1) is 11.3 Å². The molecular formula is C21H21N5O4S. The largest absolute Gasteiger partial charge is 0.338 e. The third-order valence-electron chi connectivity index (χ3n) is 5.56. The quantitative estimate of drug-likeness (QED) is 0.596. The molecule has 1 amide bonds. The number of para-hydroxylation sites is 2. The van der Waals surface area contributed by atoms with Crippen molar-refractivity contribution in [3.63, 3.8) is 0 Å². The molecule has 2 heterocycles. The van der Waals surface area contributed by atoms with Crippen molar-refractivity contribution in [1.29, 1.82) is 5.26 Å². The predicted octanol–water partition coefficient (Wildman–Crippen LogP) is 0.745. The van der Waals surface area contributed by atoms with E-state index in [1.807, 2.05) is 24.3 Å². The van der Waals surface area contributed by atoms with E-state index in [4.69, 9.17) is 0 Å². The first-order chi connectivity index (χ1) is 14.8. The van der Waals surface area contributed by atoms with Crippen molar-refractivity contribution >= 4 is 27.0 Å². The Morgan fingerprint density at radius 2 is 1.61 bits per heavy atom. The Kier molecular flexibility index (Phi) is 5.39. The van der Waals surface area contributed by atoms with Crippen LogP contribution in [0.15, 0.2) is 58.2 Å². The lowest BCUT2D eigenvalue weighted by atomic mass is 10.2. The highest BCUT2D eigenvalue weighted by Gasteiger charge is 2.31. The zero-order valence-electron chi connectivity index (χ0n) is 16.9. The number of carbonyl (C=O) groups excluding carboxylic acids is 1. The van der Waals surface area contributed by atoms with Crippen LogP contribution in [-0.2, 0) is 28.4 Å². The van der Waals surface area contributed by atoms with Gasteiger partial charge in [-0.15, -0.1) is 0 Å². The third-order valence-corrected chi connectivity index (χ3v) is 7.52. The van der Waals surface area contributed by atoms with E-state index < -0.39 is 10.0 Å². The Balaban J connectivity index is 1.49. The molecule has 0 unspecified atom stereocenters. The highest BCUT2D eigenvalue weighted by Crippen LogP contribution is 2.21. The van der Waals surface area contributed by atoms with Crippen LogP contribution < -0.4 is 5.69 Å². The minimum Gasteiger partial charge on any atom is -0.338 e. The maximum absolute atomic E-state index is 13.0. The summed E-state index contributed by atoms with van der Waals surface area (Å²) in [5.41, 5.74) is 1.24. The molecule has 0 bridgehead atoms. The summed E-state index contributed by atoms with van der Waals surface area (Å²) in [5.74, 6) is -0.243. The first kappa shape index (κ1) is 20.8. The second-order valence-corrected chi connectivity index (χ2v) is 9.22. The highest BCUT2D eigenvalue weighted by atomic mass is 32.2. The lowest BCUT2D eigenvalue weighted by molar-refractivity contribution is -0.133. The Morgan fingerprint density at radius 3 is 2.29 bits per heavy atom. The lowest BCUT2D eigenvalue weighted by Crippen LogP contribution is -2.51. The van der Waals surface area contributed by atoms with Gasteiger partial charge >= 0.3 is 5.69 Å². The zero-order valence-corrected chi connectivity index (χ0v) is 17.7. The number of amides is 1. The third kappa shape index (κ3) is 3.62. The maximum atomic E-state index is 13.0. The summed E-state index contributed by atoms with van der Waals surface area (Å²) in [4.78, 5) is 26.9. The number of nitriles is 1. The average Bonchev–Trinajstić information content (AvgIpc) is 3.04. The molecule has 1 aromatic heterocycles. The van der Waals surface area contributed by atoms with Gasteiger partial charge in [-0.25, -0.2) is 13.2 Å². The molecule has 0 atom stereocenters. The molecule has 4 rings (SSSR count). The fraction of sp³-hybridized carbons (Fsp3) is 0.286. The van der Waals surface area contributed by atoms with Crippen LogP contribution in [0.2, 0.25) is 0 Å². The van der Waals surface area contributed by atoms with E-state index in [0.29, 0.717) is 5.52 Å². The van der Waals surface area contributed by atoms with Gasteiger partial charge in [-0.1, -0.05) is 24.3 Å². The number of piperazine rings is 1. The van der Waals surface area contributed by atoms with Crippen LogP contribution in [0.25, 0.3) is 11.0 Å². The second kappa shape index (κ2) is 8.02. The van der Waals surface area contributed by atoms with Crippen LogP contribution in [0.3, 0.4) is 0 Å². The van der Waals surface area contributed by atoms with E-state index in [-0.39, 0.29) is 54.8 Å². The summed E-state index contributed by atoms with van der Waals surface area (Å²) in [7, 11) is -2.17. The van der Waals surface area contributed by atoms with Crippen molar-refractivity contribution in [1.82, 2.24) is 18.3 Å². The van der Waals surface area contributed by atoms with Crippen molar-refractivity contribution in [2.45, 2.75) is 11.4 Å². The number of imidazole rings is 1. The molecule has 1 aliphatic heterocycles. The second-order valence-electron chi connectivity index (χ2n) is 7.31. The molecule has 0 aliphatic carbocycles. The zero-order chi connectivity index (χ0) is 22.2. The normalized spacial score (nSPS) is 15.2. The van der Waals surface area contributed by atoms with Crippen LogP contribution in [-0.4, -0.2) is 58.8 Å². The highest BCUT2D eigenvalue weighted by molar-refractivity contribution is 7.89. The van der Waals surface area contributed by atoms with E-state index in [1.165, 1.54) is 25.6 Å². The van der Waals surface area contributed by atoms with E-state index in [2.05, 4.69) is 0 Å². The van der Waals surface area contributed by atoms with Crippen molar-refractivity contribution < 1.29 is 13.2 Å². The minimum absolute atomic E-state index is 0.0282. The molecule has 3 aromatic rings. The first-order valence-corrected chi connectivity index (χ1v) is 11.2. The van der Waals surface area contributed by atoms with Crippen molar-refractivity contribution in [3.8, 4) is 6.07 Å². The topological polar surface area (TPSA) is 108 Å². The number of sulfonamides is 1. The van der Waals surface area contributed by atoms with Crippen molar-refractivity contribution in [2.24, 2.45) is 7.05 Å². The summed E-state index contributed by atoms with van der Waals surface area (Å²) in [6.07, 6.45) is 0. The predicted molar refractivity (Wildman–Crippen MR) is 114 cm³/mol. The van der Waals surface area contributed by atoms with Crippen LogP contribution in [0.5, 0.6) is 0 Å². The molecule has 0 radical (unpaired) electrons. The Hall–Kier alpha value is -3.42. The smallest absolute Gasteiger partial charge is 0.329 e. The fourth-order valence-electron chi connectivity index (χ4n) is 3.85. The molecule has 1 fully saturated rings. The van der Waals surface area contributed by atoms with Crippen molar-refractivity contribution in [3.05, 3.63) is 64.6 Å².